The molecule has 2 heterocycles. The third-order valence-electron chi connectivity index (χ3n) is 1.71. The van der Waals surface area contributed by atoms with Gasteiger partial charge in [-0.15, -0.1) is 0 Å². The molecule has 2 rings (SSSR count). The maximum Gasteiger partial charge on any atom is 0.172 e. The van der Waals surface area contributed by atoms with Crippen molar-refractivity contribution in [2.24, 2.45) is 0 Å². The van der Waals surface area contributed by atoms with Crippen LogP contribution in [0.2, 0.25) is 0 Å². The number of hydrogen-bond acceptors (Lipinski definition) is 4. The number of aryl methyl sites for hydroxylation is 1. The van der Waals surface area contributed by atoms with Gasteiger partial charge in [0.15, 0.2) is 5.82 Å². The van der Waals surface area contributed by atoms with Gasteiger partial charge in [-0.05, 0) is 6.92 Å². The van der Waals surface area contributed by atoms with Crippen molar-refractivity contribution in [3.05, 3.63) is 29.6 Å². The van der Waals surface area contributed by atoms with E-state index in [0.29, 0.717) is 17.9 Å². The van der Waals surface area contributed by atoms with Crippen LogP contribution in [0.25, 0.3) is 0 Å². The third-order valence-corrected chi connectivity index (χ3v) is 1.71. The number of rotatable bonds is 2. The molecule has 0 unspecified atom stereocenters. The van der Waals surface area contributed by atoms with Gasteiger partial charge in [0.25, 0.3) is 0 Å². The summed E-state index contributed by atoms with van der Waals surface area (Å²) >= 11 is 0. The minimum absolute atomic E-state index is 0.478. The molecule has 0 saturated carbocycles. The molecule has 0 aliphatic heterocycles. The molecule has 14 heavy (non-hydrogen) atoms. The Morgan fingerprint density at radius 2 is 2.50 bits per heavy atom. The molecule has 6 heteroatoms. The second kappa shape index (κ2) is 3.30. The average Bonchev–Trinajstić information content (AvgIpc) is 2.76. The van der Waals surface area contributed by atoms with E-state index in [1.54, 1.807) is 10.9 Å². The standard InChI is InChI=1S/C8H8N6/c1-6-11-8(13-12-6)5-14-4-7(2-9)3-10-14/h3-4H,5H2,1H3,(H,11,12,13). The van der Waals surface area contributed by atoms with Gasteiger partial charge in [-0.25, -0.2) is 4.98 Å². The van der Waals surface area contributed by atoms with Crippen molar-refractivity contribution in [2.45, 2.75) is 13.5 Å². The molecule has 0 fully saturated rings. The Hall–Kier alpha value is -2.16. The maximum absolute atomic E-state index is 8.58. The highest BCUT2D eigenvalue weighted by Crippen LogP contribution is 1.98. The van der Waals surface area contributed by atoms with E-state index in [4.69, 9.17) is 5.26 Å². The minimum Gasteiger partial charge on any atom is -0.264 e. The molecule has 0 spiro atoms. The van der Waals surface area contributed by atoms with Crippen molar-refractivity contribution >= 4 is 0 Å². The molecule has 0 radical (unpaired) electrons. The third kappa shape index (κ3) is 1.61. The fourth-order valence-corrected chi connectivity index (χ4v) is 1.11. The second-order valence-corrected chi connectivity index (χ2v) is 2.88. The van der Waals surface area contributed by atoms with E-state index >= 15 is 0 Å². The zero-order valence-electron chi connectivity index (χ0n) is 7.60. The highest BCUT2D eigenvalue weighted by molar-refractivity contribution is 5.21. The summed E-state index contributed by atoms with van der Waals surface area (Å²) in [7, 11) is 0. The van der Waals surface area contributed by atoms with Crippen molar-refractivity contribution in [3.63, 3.8) is 0 Å². The first-order chi connectivity index (χ1) is 6.78. The molecule has 0 aliphatic rings. The molecule has 70 valence electrons. The van der Waals surface area contributed by atoms with Crippen molar-refractivity contribution in [3.8, 4) is 6.07 Å². The minimum atomic E-state index is 0.478. The van der Waals surface area contributed by atoms with Crippen LogP contribution >= 0.6 is 0 Å². The lowest BCUT2D eigenvalue weighted by molar-refractivity contribution is 0.657. The summed E-state index contributed by atoms with van der Waals surface area (Å²) in [6.45, 7) is 2.31. The van der Waals surface area contributed by atoms with E-state index in [9.17, 15) is 0 Å². The Labute approximate surface area is 80.2 Å². The van der Waals surface area contributed by atoms with Gasteiger partial charge in [-0.1, -0.05) is 0 Å². The quantitative estimate of drug-likeness (QED) is 0.731. The lowest BCUT2D eigenvalue weighted by Gasteiger charge is -1.93. The average molecular weight is 188 g/mol. The van der Waals surface area contributed by atoms with Crippen molar-refractivity contribution < 1.29 is 0 Å². The Kier molecular flexibility index (Phi) is 1.99. The van der Waals surface area contributed by atoms with Crippen LogP contribution in [0.4, 0.5) is 0 Å². The van der Waals surface area contributed by atoms with Gasteiger partial charge < -0.3 is 0 Å². The summed E-state index contributed by atoms with van der Waals surface area (Å²) in [5.41, 5.74) is 0.539. The molecule has 2 aromatic heterocycles. The molecular formula is C8H8N6. The molecule has 0 atom stereocenters. The SMILES string of the molecule is Cc1nc(Cn2cc(C#N)cn2)n[nH]1. The summed E-state index contributed by atoms with van der Waals surface area (Å²) in [4.78, 5) is 4.13. The zero-order valence-corrected chi connectivity index (χ0v) is 7.60. The van der Waals surface area contributed by atoms with Gasteiger partial charge in [0.05, 0.1) is 11.8 Å². The van der Waals surface area contributed by atoms with Crippen LogP contribution in [-0.2, 0) is 6.54 Å². The fraction of sp³-hybridized carbons (Fsp3) is 0.250. The van der Waals surface area contributed by atoms with Gasteiger partial charge in [0.1, 0.15) is 18.4 Å². The predicted molar refractivity (Wildman–Crippen MR) is 47.2 cm³/mol. The number of nitrogens with one attached hydrogen (secondary N) is 1. The summed E-state index contributed by atoms with van der Waals surface area (Å²) in [6.07, 6.45) is 3.17. The van der Waals surface area contributed by atoms with Crippen LogP contribution in [-0.4, -0.2) is 25.0 Å². The topological polar surface area (TPSA) is 83.2 Å². The van der Waals surface area contributed by atoms with E-state index in [2.05, 4.69) is 20.3 Å². The van der Waals surface area contributed by atoms with Crippen molar-refractivity contribution in [1.29, 1.82) is 5.26 Å². The number of hydrogen-bond donors (Lipinski definition) is 1. The number of aromatic nitrogens is 5. The van der Waals surface area contributed by atoms with Gasteiger partial charge in [-0.3, -0.25) is 9.78 Å². The molecule has 0 amide bonds. The van der Waals surface area contributed by atoms with E-state index in [0.717, 1.165) is 5.82 Å². The van der Waals surface area contributed by atoms with E-state index < -0.39 is 0 Å². The molecule has 0 aliphatic carbocycles. The number of aromatic amines is 1. The lowest BCUT2D eigenvalue weighted by atomic mass is 10.4. The molecule has 0 aromatic carbocycles. The smallest absolute Gasteiger partial charge is 0.172 e. The number of H-pyrrole nitrogens is 1. The molecule has 6 nitrogen and oxygen atoms in total. The van der Waals surface area contributed by atoms with Crippen molar-refractivity contribution in [2.75, 3.05) is 0 Å². The highest BCUT2D eigenvalue weighted by atomic mass is 15.3. The molecule has 0 bridgehead atoms. The summed E-state index contributed by atoms with van der Waals surface area (Å²) in [5, 5.41) is 19.3. The predicted octanol–water partition coefficient (Wildman–Crippen LogP) is 0.230. The van der Waals surface area contributed by atoms with Gasteiger partial charge in [-0.2, -0.15) is 15.5 Å². The number of nitriles is 1. The van der Waals surface area contributed by atoms with Gasteiger partial charge in [0.2, 0.25) is 0 Å². The largest absolute Gasteiger partial charge is 0.264 e. The number of nitrogens with zero attached hydrogens (tertiary/aromatic N) is 5. The van der Waals surface area contributed by atoms with Crippen LogP contribution in [0.3, 0.4) is 0 Å². The van der Waals surface area contributed by atoms with Crippen LogP contribution in [0.5, 0.6) is 0 Å². The normalized spacial score (nSPS) is 10.0. The fourth-order valence-electron chi connectivity index (χ4n) is 1.11. The van der Waals surface area contributed by atoms with Crippen LogP contribution in [0.1, 0.15) is 17.2 Å². The van der Waals surface area contributed by atoms with Gasteiger partial charge in [0, 0.05) is 6.20 Å². The first-order valence-electron chi connectivity index (χ1n) is 4.08. The Balaban J connectivity index is 2.15. The Bertz CT molecular complexity index is 474. The lowest BCUT2D eigenvalue weighted by Crippen LogP contribution is -2.01. The molecule has 0 saturated heterocycles. The second-order valence-electron chi connectivity index (χ2n) is 2.88. The molecular weight excluding hydrogens is 180 g/mol. The molecule has 2 aromatic rings. The Morgan fingerprint density at radius 3 is 3.07 bits per heavy atom. The van der Waals surface area contributed by atoms with E-state index in [1.165, 1.54) is 6.20 Å². The summed E-state index contributed by atoms with van der Waals surface area (Å²) < 4.78 is 1.63. The van der Waals surface area contributed by atoms with E-state index in [-0.39, 0.29) is 0 Å². The van der Waals surface area contributed by atoms with Crippen LogP contribution in [0.15, 0.2) is 12.4 Å². The maximum atomic E-state index is 8.58. The Morgan fingerprint density at radius 1 is 1.64 bits per heavy atom. The first-order valence-corrected chi connectivity index (χ1v) is 4.08. The van der Waals surface area contributed by atoms with E-state index in [1.807, 2.05) is 13.0 Å². The van der Waals surface area contributed by atoms with Gasteiger partial charge >= 0.3 is 0 Å². The first kappa shape index (κ1) is 8.44. The van der Waals surface area contributed by atoms with Crippen molar-refractivity contribution in [1.82, 2.24) is 25.0 Å². The highest BCUT2D eigenvalue weighted by Gasteiger charge is 2.02. The summed E-state index contributed by atoms with van der Waals surface area (Å²) in [6, 6.07) is 2.01. The van der Waals surface area contributed by atoms with Crippen LogP contribution < -0.4 is 0 Å². The molecule has 1 N–H and O–H groups in total. The zero-order chi connectivity index (χ0) is 9.97. The summed E-state index contributed by atoms with van der Waals surface area (Å²) in [5.74, 6) is 1.43. The van der Waals surface area contributed by atoms with Crippen LogP contribution in [0, 0.1) is 18.3 Å². The monoisotopic (exact) mass is 188 g/mol.